The van der Waals surface area contributed by atoms with Gasteiger partial charge in [-0.2, -0.15) is 0 Å². The predicted octanol–water partition coefficient (Wildman–Crippen LogP) is 2.81. The number of carbonyl (C=O) groups excluding carboxylic acids is 2. The second-order valence-electron chi connectivity index (χ2n) is 5.19. The van der Waals surface area contributed by atoms with Crippen LogP contribution >= 0.6 is 0 Å². The summed E-state index contributed by atoms with van der Waals surface area (Å²) >= 11 is 0. The molecule has 2 amide bonds. The van der Waals surface area contributed by atoms with Crippen LogP contribution in [0.1, 0.15) is 52.9 Å². The summed E-state index contributed by atoms with van der Waals surface area (Å²) in [5.41, 5.74) is 0.593. The first-order valence-corrected chi connectivity index (χ1v) is 6.50. The Morgan fingerprint density at radius 3 is 2.65 bits per heavy atom. The fraction of sp³-hybridized carbons (Fsp3) is 0.714. The lowest BCUT2D eigenvalue weighted by atomic mass is 9.81. The van der Waals surface area contributed by atoms with E-state index in [9.17, 15) is 9.59 Å². The van der Waals surface area contributed by atoms with Crippen molar-refractivity contribution in [2.45, 2.75) is 52.9 Å². The van der Waals surface area contributed by atoms with Crippen LogP contribution in [0.2, 0.25) is 0 Å². The molecule has 1 rings (SSSR count). The minimum Gasteiger partial charge on any atom is -0.293 e. The smallest absolute Gasteiger partial charge is 0.253 e. The molecule has 1 aliphatic rings. The van der Waals surface area contributed by atoms with Gasteiger partial charge in [0.05, 0.1) is 0 Å². The van der Waals surface area contributed by atoms with Crippen molar-refractivity contribution in [2.75, 3.05) is 0 Å². The number of rotatable bonds is 3. The summed E-state index contributed by atoms with van der Waals surface area (Å²) in [7, 11) is 0. The van der Waals surface area contributed by atoms with Crippen LogP contribution in [0.4, 0.5) is 0 Å². The molecule has 0 aromatic heterocycles. The van der Waals surface area contributed by atoms with Gasteiger partial charge in [0.2, 0.25) is 5.91 Å². The molecule has 2 atom stereocenters. The molecule has 1 saturated carbocycles. The zero-order valence-corrected chi connectivity index (χ0v) is 11.1. The molecule has 0 aliphatic heterocycles. The van der Waals surface area contributed by atoms with Crippen molar-refractivity contribution >= 4 is 11.8 Å². The lowest BCUT2D eigenvalue weighted by Crippen LogP contribution is -2.33. The van der Waals surface area contributed by atoms with E-state index in [-0.39, 0.29) is 11.8 Å². The molecule has 1 aliphatic carbocycles. The SMILES string of the molecule is C/C=C(\C)C(=O)NC(=O)C[C@H]1CCC[C@@H](C)C1. The molecule has 0 spiro atoms. The van der Waals surface area contributed by atoms with Gasteiger partial charge in [0.25, 0.3) is 5.91 Å². The number of amides is 2. The largest absolute Gasteiger partial charge is 0.293 e. The van der Waals surface area contributed by atoms with Gasteiger partial charge >= 0.3 is 0 Å². The van der Waals surface area contributed by atoms with E-state index in [1.165, 1.54) is 12.8 Å². The summed E-state index contributed by atoms with van der Waals surface area (Å²) in [6.07, 6.45) is 6.92. The van der Waals surface area contributed by atoms with E-state index in [0.717, 1.165) is 18.8 Å². The molecule has 17 heavy (non-hydrogen) atoms. The molecule has 0 unspecified atom stereocenters. The van der Waals surface area contributed by atoms with Gasteiger partial charge in [0.1, 0.15) is 0 Å². The Kier molecular flexibility index (Phi) is 5.39. The van der Waals surface area contributed by atoms with Crippen molar-refractivity contribution in [1.29, 1.82) is 0 Å². The van der Waals surface area contributed by atoms with Gasteiger partial charge in [-0.15, -0.1) is 0 Å². The van der Waals surface area contributed by atoms with E-state index in [2.05, 4.69) is 12.2 Å². The van der Waals surface area contributed by atoms with E-state index in [0.29, 0.717) is 17.9 Å². The van der Waals surface area contributed by atoms with E-state index in [4.69, 9.17) is 0 Å². The van der Waals surface area contributed by atoms with Gasteiger partial charge in [-0.1, -0.05) is 25.8 Å². The Balaban J connectivity index is 2.36. The molecule has 0 aromatic rings. The fourth-order valence-electron chi connectivity index (χ4n) is 2.41. The van der Waals surface area contributed by atoms with Gasteiger partial charge in [-0.05, 0) is 38.5 Å². The van der Waals surface area contributed by atoms with Gasteiger partial charge in [0.15, 0.2) is 0 Å². The topological polar surface area (TPSA) is 46.2 Å². The maximum Gasteiger partial charge on any atom is 0.253 e. The Bertz CT molecular complexity index is 320. The number of imide groups is 1. The Hall–Kier alpha value is -1.12. The minimum absolute atomic E-state index is 0.129. The van der Waals surface area contributed by atoms with Crippen molar-refractivity contribution in [3.05, 3.63) is 11.6 Å². The first-order chi connectivity index (χ1) is 8.02. The Morgan fingerprint density at radius 1 is 1.35 bits per heavy atom. The highest BCUT2D eigenvalue weighted by Gasteiger charge is 2.22. The van der Waals surface area contributed by atoms with Crippen LogP contribution in [0.3, 0.4) is 0 Å². The summed E-state index contributed by atoms with van der Waals surface area (Å²) in [5.74, 6) is 0.781. The highest BCUT2D eigenvalue weighted by Crippen LogP contribution is 2.30. The average molecular weight is 237 g/mol. The number of hydrogen-bond donors (Lipinski definition) is 1. The van der Waals surface area contributed by atoms with Crippen molar-refractivity contribution in [3.8, 4) is 0 Å². The number of hydrogen-bond acceptors (Lipinski definition) is 2. The van der Waals surface area contributed by atoms with Crippen LogP contribution in [-0.4, -0.2) is 11.8 Å². The molecule has 1 N–H and O–H groups in total. The highest BCUT2D eigenvalue weighted by atomic mass is 16.2. The molecule has 3 heteroatoms. The Labute approximate surface area is 104 Å². The van der Waals surface area contributed by atoms with E-state index < -0.39 is 0 Å². The van der Waals surface area contributed by atoms with Crippen molar-refractivity contribution in [3.63, 3.8) is 0 Å². The van der Waals surface area contributed by atoms with Crippen LogP contribution in [0.15, 0.2) is 11.6 Å². The van der Waals surface area contributed by atoms with Gasteiger partial charge in [0, 0.05) is 12.0 Å². The maximum absolute atomic E-state index is 11.7. The standard InChI is InChI=1S/C14H23NO2/c1-4-11(3)14(17)15-13(16)9-12-7-5-6-10(2)8-12/h4,10,12H,5-9H2,1-3H3,(H,15,16,17)/b11-4+/t10-,12+/m1/s1. The molecule has 3 nitrogen and oxygen atoms in total. The highest BCUT2D eigenvalue weighted by molar-refractivity contribution is 6.03. The molecule has 96 valence electrons. The number of allylic oxidation sites excluding steroid dienone is 1. The summed E-state index contributed by atoms with van der Waals surface area (Å²) in [6.45, 7) is 5.74. The van der Waals surface area contributed by atoms with Crippen LogP contribution in [0.5, 0.6) is 0 Å². The van der Waals surface area contributed by atoms with Crippen LogP contribution in [-0.2, 0) is 9.59 Å². The minimum atomic E-state index is -0.263. The van der Waals surface area contributed by atoms with Crippen LogP contribution < -0.4 is 5.32 Å². The summed E-state index contributed by atoms with van der Waals surface area (Å²) < 4.78 is 0. The fourth-order valence-corrected chi connectivity index (χ4v) is 2.41. The van der Waals surface area contributed by atoms with Crippen LogP contribution in [0, 0.1) is 11.8 Å². The maximum atomic E-state index is 11.7. The zero-order chi connectivity index (χ0) is 12.8. The normalized spacial score (nSPS) is 25.5. The molecule has 0 aromatic carbocycles. The first kappa shape index (κ1) is 13.9. The molecular weight excluding hydrogens is 214 g/mol. The van der Waals surface area contributed by atoms with Gasteiger partial charge in [-0.3, -0.25) is 14.9 Å². The average Bonchev–Trinajstić information content (AvgIpc) is 2.27. The first-order valence-electron chi connectivity index (χ1n) is 6.50. The second-order valence-corrected chi connectivity index (χ2v) is 5.19. The van der Waals surface area contributed by atoms with E-state index in [1.54, 1.807) is 19.9 Å². The molecule has 0 radical (unpaired) electrons. The molecular formula is C14H23NO2. The third-order valence-corrected chi connectivity index (χ3v) is 3.56. The third-order valence-electron chi connectivity index (χ3n) is 3.56. The summed E-state index contributed by atoms with van der Waals surface area (Å²) in [5, 5.41) is 2.45. The number of nitrogens with one attached hydrogen (secondary N) is 1. The van der Waals surface area contributed by atoms with Crippen LogP contribution in [0.25, 0.3) is 0 Å². The number of carbonyl (C=O) groups is 2. The van der Waals surface area contributed by atoms with Crippen molar-refractivity contribution in [2.24, 2.45) is 11.8 Å². The third kappa shape index (κ3) is 4.72. The second kappa shape index (κ2) is 6.58. The lowest BCUT2D eigenvalue weighted by molar-refractivity contribution is -0.129. The molecule has 0 bridgehead atoms. The molecule has 0 heterocycles. The molecule has 1 fully saturated rings. The quantitative estimate of drug-likeness (QED) is 0.767. The van der Waals surface area contributed by atoms with E-state index in [1.807, 2.05) is 0 Å². The lowest BCUT2D eigenvalue weighted by Gasteiger charge is -2.26. The summed E-state index contributed by atoms with van der Waals surface area (Å²) in [6, 6.07) is 0. The monoisotopic (exact) mass is 237 g/mol. The van der Waals surface area contributed by atoms with Crippen molar-refractivity contribution < 1.29 is 9.59 Å². The Morgan fingerprint density at radius 2 is 2.06 bits per heavy atom. The summed E-state index contributed by atoms with van der Waals surface area (Å²) in [4.78, 5) is 23.2. The zero-order valence-electron chi connectivity index (χ0n) is 11.1. The van der Waals surface area contributed by atoms with Gasteiger partial charge in [-0.25, -0.2) is 0 Å². The van der Waals surface area contributed by atoms with Gasteiger partial charge < -0.3 is 0 Å². The molecule has 0 saturated heterocycles. The van der Waals surface area contributed by atoms with E-state index >= 15 is 0 Å². The van der Waals surface area contributed by atoms with Crippen molar-refractivity contribution in [1.82, 2.24) is 5.32 Å². The predicted molar refractivity (Wildman–Crippen MR) is 68.3 cm³/mol.